The molecule has 3 heteroatoms. The van der Waals surface area contributed by atoms with E-state index in [2.05, 4.69) is 6.92 Å². The summed E-state index contributed by atoms with van der Waals surface area (Å²) in [7, 11) is 0. The molecule has 0 saturated carbocycles. The van der Waals surface area contributed by atoms with Crippen LogP contribution in [0.15, 0.2) is 0 Å². The summed E-state index contributed by atoms with van der Waals surface area (Å²) in [5.74, 6) is -3.54. The molecule has 0 bridgehead atoms. The maximum absolute atomic E-state index is 13.2. The number of hydrogen-bond acceptors (Lipinski definition) is 1. The van der Waals surface area contributed by atoms with Gasteiger partial charge in [-0.2, -0.15) is 0 Å². The van der Waals surface area contributed by atoms with Crippen molar-refractivity contribution in [3.63, 3.8) is 0 Å². The van der Waals surface area contributed by atoms with Gasteiger partial charge in [-0.1, -0.05) is 39.5 Å². The molecule has 0 amide bonds. The van der Waals surface area contributed by atoms with Gasteiger partial charge in [0, 0.05) is 12.3 Å². The van der Waals surface area contributed by atoms with Gasteiger partial charge < -0.3 is 5.11 Å². The van der Waals surface area contributed by atoms with Crippen LogP contribution in [0.1, 0.15) is 52.4 Å². The molecule has 14 heavy (non-hydrogen) atoms. The second kappa shape index (κ2) is 7.16. The van der Waals surface area contributed by atoms with Crippen LogP contribution in [-0.2, 0) is 0 Å². The molecule has 0 spiro atoms. The fourth-order valence-electron chi connectivity index (χ4n) is 1.54. The van der Waals surface area contributed by atoms with Crippen molar-refractivity contribution in [1.82, 2.24) is 0 Å². The monoisotopic (exact) mass is 208 g/mol. The molecular formula is C11H22F2O. The largest absolute Gasteiger partial charge is 0.396 e. The van der Waals surface area contributed by atoms with E-state index in [-0.39, 0.29) is 6.42 Å². The molecule has 0 aliphatic carbocycles. The molecule has 0 aliphatic rings. The summed E-state index contributed by atoms with van der Waals surface area (Å²) in [6.45, 7) is 3.16. The van der Waals surface area contributed by atoms with E-state index in [1.807, 2.05) is 0 Å². The Morgan fingerprint density at radius 1 is 1.14 bits per heavy atom. The van der Waals surface area contributed by atoms with Gasteiger partial charge in [0.1, 0.15) is 0 Å². The lowest BCUT2D eigenvalue weighted by Gasteiger charge is -2.23. The minimum absolute atomic E-state index is 0.175. The number of aliphatic hydroxyl groups is 1. The average molecular weight is 208 g/mol. The predicted octanol–water partition coefficient (Wildman–Crippen LogP) is 3.61. The Kier molecular flexibility index (Phi) is 7.06. The zero-order valence-electron chi connectivity index (χ0n) is 9.23. The zero-order valence-corrected chi connectivity index (χ0v) is 9.23. The Balaban J connectivity index is 3.79. The first-order chi connectivity index (χ1) is 6.58. The van der Waals surface area contributed by atoms with E-state index < -0.39 is 18.4 Å². The lowest BCUT2D eigenvalue weighted by Crippen LogP contribution is -2.30. The fourth-order valence-corrected chi connectivity index (χ4v) is 1.54. The second-order valence-corrected chi connectivity index (χ2v) is 3.84. The van der Waals surface area contributed by atoms with Crippen LogP contribution < -0.4 is 0 Å². The Morgan fingerprint density at radius 3 is 2.21 bits per heavy atom. The van der Waals surface area contributed by atoms with Gasteiger partial charge in [-0.05, 0) is 6.42 Å². The van der Waals surface area contributed by atoms with E-state index in [9.17, 15) is 8.78 Å². The van der Waals surface area contributed by atoms with Gasteiger partial charge in [0.25, 0.3) is 5.92 Å². The number of aliphatic hydroxyl groups excluding tert-OH is 1. The van der Waals surface area contributed by atoms with Crippen LogP contribution in [0.2, 0.25) is 0 Å². The molecular weight excluding hydrogens is 186 g/mol. The molecule has 1 nitrogen and oxygen atoms in total. The maximum Gasteiger partial charge on any atom is 0.252 e. The molecule has 86 valence electrons. The highest BCUT2D eigenvalue weighted by Crippen LogP contribution is 2.31. The van der Waals surface area contributed by atoms with E-state index >= 15 is 0 Å². The van der Waals surface area contributed by atoms with Gasteiger partial charge in [0.2, 0.25) is 0 Å². The van der Waals surface area contributed by atoms with Crippen LogP contribution in [0.3, 0.4) is 0 Å². The highest BCUT2D eigenvalue weighted by atomic mass is 19.3. The van der Waals surface area contributed by atoms with Gasteiger partial charge in [0.05, 0.1) is 6.61 Å². The van der Waals surface area contributed by atoms with Gasteiger partial charge in [-0.15, -0.1) is 0 Å². The molecule has 0 radical (unpaired) electrons. The van der Waals surface area contributed by atoms with Crippen LogP contribution in [-0.4, -0.2) is 17.6 Å². The number of hydrogen-bond donors (Lipinski definition) is 1. The Morgan fingerprint density at radius 2 is 1.79 bits per heavy atom. The van der Waals surface area contributed by atoms with Crippen molar-refractivity contribution < 1.29 is 13.9 Å². The summed E-state index contributed by atoms with van der Waals surface area (Å²) in [6.07, 6.45) is 4.26. The van der Waals surface area contributed by atoms with Crippen LogP contribution in [0.4, 0.5) is 8.78 Å². The van der Waals surface area contributed by atoms with Crippen LogP contribution in [0, 0.1) is 5.92 Å². The highest BCUT2D eigenvalue weighted by Gasteiger charge is 2.36. The Bertz CT molecular complexity index is 137. The lowest BCUT2D eigenvalue weighted by molar-refractivity contribution is -0.0820. The third-order valence-electron chi connectivity index (χ3n) is 2.70. The summed E-state index contributed by atoms with van der Waals surface area (Å²) < 4.78 is 26.3. The fraction of sp³-hybridized carbons (Fsp3) is 1.00. The van der Waals surface area contributed by atoms with Crippen molar-refractivity contribution in [2.45, 2.75) is 58.3 Å². The molecule has 0 aromatic heterocycles. The Labute approximate surface area is 85.5 Å². The van der Waals surface area contributed by atoms with E-state index in [0.717, 1.165) is 25.7 Å². The summed E-state index contributed by atoms with van der Waals surface area (Å²) in [5, 5.41) is 8.87. The van der Waals surface area contributed by atoms with Crippen LogP contribution in [0.25, 0.3) is 0 Å². The van der Waals surface area contributed by atoms with Crippen molar-refractivity contribution in [2.75, 3.05) is 6.61 Å². The molecule has 0 heterocycles. The standard InChI is InChI=1S/C11H22F2O/c1-3-5-6-7-8-10(9-14)11(12,13)4-2/h10,14H,3-9H2,1-2H3/t10-/m0/s1. The molecule has 0 aromatic rings. The van der Waals surface area contributed by atoms with E-state index in [1.165, 1.54) is 6.92 Å². The lowest BCUT2D eigenvalue weighted by atomic mass is 9.93. The smallest absolute Gasteiger partial charge is 0.252 e. The Hall–Kier alpha value is -0.180. The first-order valence-electron chi connectivity index (χ1n) is 5.57. The topological polar surface area (TPSA) is 20.2 Å². The predicted molar refractivity (Wildman–Crippen MR) is 54.6 cm³/mol. The molecule has 0 aliphatic heterocycles. The van der Waals surface area contributed by atoms with Crippen molar-refractivity contribution in [1.29, 1.82) is 0 Å². The third kappa shape index (κ3) is 4.89. The third-order valence-corrected chi connectivity index (χ3v) is 2.70. The van der Waals surface area contributed by atoms with E-state index in [4.69, 9.17) is 5.11 Å². The van der Waals surface area contributed by atoms with Gasteiger partial charge in [-0.3, -0.25) is 0 Å². The zero-order chi connectivity index (χ0) is 11.0. The van der Waals surface area contributed by atoms with Crippen molar-refractivity contribution in [3.8, 4) is 0 Å². The molecule has 1 atom stereocenters. The SMILES string of the molecule is CCCCCC[C@@H](CO)C(F)(F)CC. The summed E-state index contributed by atoms with van der Waals surface area (Å²) in [5.41, 5.74) is 0. The van der Waals surface area contributed by atoms with Crippen LogP contribution in [0.5, 0.6) is 0 Å². The number of halogens is 2. The molecule has 0 aromatic carbocycles. The average Bonchev–Trinajstić information content (AvgIpc) is 2.17. The van der Waals surface area contributed by atoms with Gasteiger partial charge in [-0.25, -0.2) is 8.78 Å². The first-order valence-corrected chi connectivity index (χ1v) is 5.57. The number of rotatable bonds is 8. The van der Waals surface area contributed by atoms with Crippen molar-refractivity contribution >= 4 is 0 Å². The summed E-state index contributed by atoms with van der Waals surface area (Å²) in [6, 6.07) is 0. The first kappa shape index (κ1) is 13.8. The number of unbranched alkanes of at least 4 members (excludes halogenated alkanes) is 3. The number of alkyl halides is 2. The summed E-state index contributed by atoms with van der Waals surface area (Å²) >= 11 is 0. The second-order valence-electron chi connectivity index (χ2n) is 3.84. The molecule has 0 saturated heterocycles. The van der Waals surface area contributed by atoms with Crippen LogP contribution >= 0.6 is 0 Å². The van der Waals surface area contributed by atoms with Gasteiger partial charge in [0.15, 0.2) is 0 Å². The molecule has 0 unspecified atom stereocenters. The maximum atomic E-state index is 13.2. The minimum Gasteiger partial charge on any atom is -0.396 e. The normalized spacial score (nSPS) is 14.4. The van der Waals surface area contributed by atoms with E-state index in [1.54, 1.807) is 0 Å². The quantitative estimate of drug-likeness (QED) is 0.604. The summed E-state index contributed by atoms with van der Waals surface area (Å²) in [4.78, 5) is 0. The minimum atomic E-state index is -2.69. The van der Waals surface area contributed by atoms with Crippen molar-refractivity contribution in [2.24, 2.45) is 5.92 Å². The van der Waals surface area contributed by atoms with Crippen molar-refractivity contribution in [3.05, 3.63) is 0 Å². The molecule has 0 fully saturated rings. The molecule has 1 N–H and O–H groups in total. The van der Waals surface area contributed by atoms with Gasteiger partial charge >= 0.3 is 0 Å². The molecule has 0 rings (SSSR count). The highest BCUT2D eigenvalue weighted by molar-refractivity contribution is 4.75. The van der Waals surface area contributed by atoms with E-state index in [0.29, 0.717) is 6.42 Å².